The number of urea groups is 1. The van der Waals surface area contributed by atoms with E-state index in [1.165, 1.54) is 14.2 Å². The summed E-state index contributed by atoms with van der Waals surface area (Å²) in [6.45, 7) is 0.103. The average molecular weight is 347 g/mol. The van der Waals surface area contributed by atoms with Crippen molar-refractivity contribution in [3.05, 3.63) is 23.8 Å². The van der Waals surface area contributed by atoms with Gasteiger partial charge < -0.3 is 20.1 Å². The number of methoxy groups -OCH3 is 2. The Morgan fingerprint density at radius 1 is 1.24 bits per heavy atom. The molecule has 0 aromatic heterocycles. The summed E-state index contributed by atoms with van der Waals surface area (Å²) in [6.07, 6.45) is 1.91. The maximum Gasteiger partial charge on any atom is 0.325 e. The zero-order chi connectivity index (χ0) is 18.0. The molecule has 25 heavy (non-hydrogen) atoms. The average Bonchev–Trinajstić information content (AvgIpc) is 3.37. The third-order valence-electron chi connectivity index (χ3n) is 4.23. The van der Waals surface area contributed by atoms with Gasteiger partial charge in [-0.25, -0.2) is 4.79 Å². The smallest absolute Gasteiger partial charge is 0.325 e. The highest BCUT2D eigenvalue weighted by molar-refractivity contribution is 6.05. The fourth-order valence-electron chi connectivity index (χ4n) is 2.73. The van der Waals surface area contributed by atoms with Crippen LogP contribution in [0.15, 0.2) is 18.2 Å². The third kappa shape index (κ3) is 3.84. The number of nitrogens with zero attached hydrogens (tertiary/aromatic N) is 1. The van der Waals surface area contributed by atoms with Crippen LogP contribution in [-0.4, -0.2) is 49.0 Å². The second-order valence-electron chi connectivity index (χ2n) is 6.16. The molecule has 2 N–H and O–H groups in total. The lowest BCUT2D eigenvalue weighted by atomic mass is 10.1. The zero-order valence-corrected chi connectivity index (χ0v) is 14.2. The molecule has 0 radical (unpaired) electrons. The molecule has 8 heteroatoms. The van der Waals surface area contributed by atoms with Gasteiger partial charge in [0.15, 0.2) is 11.5 Å². The van der Waals surface area contributed by atoms with Crippen molar-refractivity contribution in [1.82, 2.24) is 15.5 Å². The van der Waals surface area contributed by atoms with Crippen molar-refractivity contribution in [2.75, 3.05) is 14.2 Å². The van der Waals surface area contributed by atoms with Crippen LogP contribution >= 0.6 is 0 Å². The Morgan fingerprint density at radius 2 is 1.96 bits per heavy atom. The summed E-state index contributed by atoms with van der Waals surface area (Å²) in [5.74, 6) is 0.477. The number of benzene rings is 1. The summed E-state index contributed by atoms with van der Waals surface area (Å²) in [4.78, 5) is 37.5. The Hall–Kier alpha value is -2.77. The van der Waals surface area contributed by atoms with Crippen LogP contribution in [0.4, 0.5) is 4.79 Å². The lowest BCUT2D eigenvalue weighted by Crippen LogP contribution is -2.37. The summed E-state index contributed by atoms with van der Waals surface area (Å²) in [7, 11) is 3.05. The van der Waals surface area contributed by atoms with Gasteiger partial charge in [0.25, 0.3) is 5.91 Å². The number of hydrogen-bond acceptors (Lipinski definition) is 5. The summed E-state index contributed by atoms with van der Waals surface area (Å²) >= 11 is 0. The van der Waals surface area contributed by atoms with Crippen LogP contribution in [0.25, 0.3) is 0 Å². The van der Waals surface area contributed by atoms with E-state index in [-0.39, 0.29) is 24.9 Å². The maximum atomic E-state index is 12.4. The highest BCUT2D eigenvalue weighted by Gasteiger charge is 2.39. The third-order valence-corrected chi connectivity index (χ3v) is 4.23. The first-order valence-corrected chi connectivity index (χ1v) is 8.14. The molecule has 2 fully saturated rings. The van der Waals surface area contributed by atoms with E-state index in [1.54, 1.807) is 18.2 Å². The van der Waals surface area contributed by atoms with Gasteiger partial charge in [-0.05, 0) is 30.5 Å². The molecule has 1 heterocycles. The molecule has 134 valence electrons. The van der Waals surface area contributed by atoms with Crippen molar-refractivity contribution in [1.29, 1.82) is 0 Å². The van der Waals surface area contributed by atoms with E-state index in [0.29, 0.717) is 11.5 Å². The minimum absolute atomic E-state index is 0.0382. The van der Waals surface area contributed by atoms with Gasteiger partial charge in [-0.3, -0.25) is 14.5 Å². The number of nitrogens with one attached hydrogen (secondary N) is 2. The van der Waals surface area contributed by atoms with Crippen LogP contribution in [0.5, 0.6) is 11.5 Å². The molecular weight excluding hydrogens is 326 g/mol. The van der Waals surface area contributed by atoms with Crippen molar-refractivity contribution in [2.24, 2.45) is 0 Å². The van der Waals surface area contributed by atoms with Crippen molar-refractivity contribution in [2.45, 2.75) is 37.9 Å². The number of imide groups is 1. The van der Waals surface area contributed by atoms with Crippen LogP contribution in [0.3, 0.4) is 0 Å². The first-order chi connectivity index (χ1) is 12.0. The summed E-state index contributed by atoms with van der Waals surface area (Å²) < 4.78 is 10.4. The fraction of sp³-hybridized carbons (Fsp3) is 0.471. The van der Waals surface area contributed by atoms with Crippen LogP contribution in [-0.2, 0) is 16.1 Å². The molecule has 3 rings (SSSR count). The largest absolute Gasteiger partial charge is 0.493 e. The zero-order valence-electron chi connectivity index (χ0n) is 14.2. The number of ether oxygens (including phenoxy) is 2. The molecule has 1 aliphatic heterocycles. The Labute approximate surface area is 145 Å². The van der Waals surface area contributed by atoms with E-state index in [2.05, 4.69) is 10.6 Å². The highest BCUT2D eigenvalue weighted by Crippen LogP contribution is 2.28. The molecule has 4 amide bonds. The Kier molecular flexibility index (Phi) is 4.78. The lowest BCUT2D eigenvalue weighted by molar-refractivity contribution is -0.131. The van der Waals surface area contributed by atoms with Gasteiger partial charge in [0, 0.05) is 6.04 Å². The summed E-state index contributed by atoms with van der Waals surface area (Å²) in [6, 6.07) is 4.10. The van der Waals surface area contributed by atoms with E-state index in [1.807, 2.05) is 0 Å². The second kappa shape index (κ2) is 7.00. The lowest BCUT2D eigenvalue weighted by Gasteiger charge is -2.15. The fourth-order valence-corrected chi connectivity index (χ4v) is 2.73. The van der Waals surface area contributed by atoms with E-state index in [0.717, 1.165) is 23.3 Å². The van der Waals surface area contributed by atoms with Gasteiger partial charge in [-0.1, -0.05) is 6.07 Å². The number of carbonyl (C=O) groups is 3. The number of amides is 4. The molecule has 0 bridgehead atoms. The number of hydrogen-bond donors (Lipinski definition) is 2. The summed E-state index contributed by atoms with van der Waals surface area (Å²) in [5.41, 5.74) is 0.726. The molecule has 0 unspecified atom stereocenters. The predicted molar refractivity (Wildman–Crippen MR) is 88.2 cm³/mol. The molecule has 1 aromatic carbocycles. The molecule has 1 aliphatic carbocycles. The van der Waals surface area contributed by atoms with Crippen molar-refractivity contribution >= 4 is 17.8 Å². The van der Waals surface area contributed by atoms with Crippen molar-refractivity contribution in [3.63, 3.8) is 0 Å². The molecule has 1 saturated carbocycles. The summed E-state index contributed by atoms with van der Waals surface area (Å²) in [5, 5.41) is 5.39. The van der Waals surface area contributed by atoms with Crippen LogP contribution in [0.1, 0.15) is 24.8 Å². The molecule has 2 aliphatic rings. The minimum atomic E-state index is -0.814. The quantitative estimate of drug-likeness (QED) is 0.711. The van der Waals surface area contributed by atoms with Crippen molar-refractivity contribution < 1.29 is 23.9 Å². The topological polar surface area (TPSA) is 97.0 Å². The molecule has 1 saturated heterocycles. The van der Waals surface area contributed by atoms with Crippen LogP contribution < -0.4 is 20.1 Å². The van der Waals surface area contributed by atoms with Gasteiger partial charge in [-0.2, -0.15) is 0 Å². The van der Waals surface area contributed by atoms with E-state index >= 15 is 0 Å². The molecule has 1 atom stereocenters. The van der Waals surface area contributed by atoms with Crippen LogP contribution in [0, 0.1) is 0 Å². The predicted octanol–water partition coefficient (Wildman–Crippen LogP) is 0.793. The molecule has 8 nitrogen and oxygen atoms in total. The Bertz CT molecular complexity index is 702. The Morgan fingerprint density at radius 3 is 2.60 bits per heavy atom. The molecule has 1 aromatic rings. The van der Waals surface area contributed by atoms with Gasteiger partial charge in [0.2, 0.25) is 5.91 Å². The van der Waals surface area contributed by atoms with Gasteiger partial charge in [-0.15, -0.1) is 0 Å². The van der Waals surface area contributed by atoms with Crippen molar-refractivity contribution in [3.8, 4) is 11.5 Å². The maximum absolute atomic E-state index is 12.4. The van der Waals surface area contributed by atoms with E-state index < -0.39 is 18.0 Å². The normalized spacial score (nSPS) is 19.6. The highest BCUT2D eigenvalue weighted by atomic mass is 16.5. The first-order valence-electron chi connectivity index (χ1n) is 8.14. The minimum Gasteiger partial charge on any atom is -0.493 e. The van der Waals surface area contributed by atoms with Gasteiger partial charge in [0.05, 0.1) is 27.2 Å². The number of rotatable bonds is 7. The van der Waals surface area contributed by atoms with E-state index in [4.69, 9.17) is 9.47 Å². The molecule has 0 spiro atoms. The standard InChI is InChI=1S/C17H21N3O5/c1-24-13-6-3-10(7-14(13)25-2)9-20-16(22)12(19-17(20)23)8-15(21)18-11-4-5-11/h3,6-7,11-12H,4-5,8-9H2,1-2H3,(H,18,21)(H,19,23)/t12-/m1/s1. The first kappa shape index (κ1) is 17.1. The number of carbonyl (C=O) groups excluding carboxylic acids is 3. The van der Waals surface area contributed by atoms with E-state index in [9.17, 15) is 14.4 Å². The van der Waals surface area contributed by atoms with Gasteiger partial charge in [0.1, 0.15) is 6.04 Å². The Balaban J connectivity index is 1.65. The monoisotopic (exact) mass is 347 g/mol. The molecular formula is C17H21N3O5. The second-order valence-corrected chi connectivity index (χ2v) is 6.16. The SMILES string of the molecule is COc1ccc(CN2C(=O)N[C@H](CC(=O)NC3CC3)C2=O)cc1OC. The van der Waals surface area contributed by atoms with Crippen LogP contribution in [0.2, 0.25) is 0 Å². The van der Waals surface area contributed by atoms with Gasteiger partial charge >= 0.3 is 6.03 Å².